The predicted octanol–water partition coefficient (Wildman–Crippen LogP) is 0.952. The molecule has 8 heteroatoms. The summed E-state index contributed by atoms with van der Waals surface area (Å²) < 4.78 is 0. The van der Waals surface area contributed by atoms with Crippen molar-refractivity contribution >= 4 is 17.3 Å². The number of nitro benzene ring substituents is 1. The molecule has 21 heavy (non-hydrogen) atoms. The summed E-state index contributed by atoms with van der Waals surface area (Å²) in [5, 5.41) is 13.5. The van der Waals surface area contributed by atoms with Gasteiger partial charge in [-0.15, -0.1) is 0 Å². The van der Waals surface area contributed by atoms with Crippen LogP contribution in [0.25, 0.3) is 0 Å². The van der Waals surface area contributed by atoms with Gasteiger partial charge >= 0.3 is 0 Å². The summed E-state index contributed by atoms with van der Waals surface area (Å²) in [6.45, 7) is 7.08. The molecule has 116 valence electrons. The van der Waals surface area contributed by atoms with E-state index in [2.05, 4.69) is 15.6 Å². The van der Waals surface area contributed by atoms with Crippen molar-refractivity contribution in [3.8, 4) is 0 Å². The number of anilines is 1. The van der Waals surface area contributed by atoms with Crippen molar-refractivity contribution in [2.45, 2.75) is 13.8 Å². The maximum Gasteiger partial charge on any atom is 0.270 e. The van der Waals surface area contributed by atoms with E-state index >= 15 is 0 Å². The summed E-state index contributed by atoms with van der Waals surface area (Å²) in [5.41, 5.74) is 2.73. The van der Waals surface area contributed by atoms with Gasteiger partial charge < -0.3 is 15.6 Å². The van der Waals surface area contributed by atoms with Gasteiger partial charge in [0.15, 0.2) is 0 Å². The zero-order valence-corrected chi connectivity index (χ0v) is 12.3. The summed E-state index contributed by atoms with van der Waals surface area (Å²) in [7, 11) is 0. The molecule has 1 aromatic carbocycles. The van der Waals surface area contributed by atoms with Crippen LogP contribution >= 0.6 is 0 Å². The number of nitrogens with one attached hydrogen (secondary N) is 2. The Morgan fingerprint density at radius 1 is 1.38 bits per heavy atom. The lowest BCUT2D eigenvalue weighted by molar-refractivity contribution is -0.384. The van der Waals surface area contributed by atoms with E-state index in [0.717, 1.165) is 19.6 Å². The molecule has 1 rings (SSSR count). The summed E-state index contributed by atoms with van der Waals surface area (Å²) in [6, 6.07) is 3.92. The minimum atomic E-state index is -0.549. The molecule has 1 amide bonds. The molecular formula is C13H21N5O3. The number of nitrogen functional groups attached to an aromatic ring is 1. The molecule has 0 aromatic heterocycles. The first-order valence-electron chi connectivity index (χ1n) is 6.79. The third kappa shape index (κ3) is 4.69. The molecule has 0 radical (unpaired) electrons. The van der Waals surface area contributed by atoms with Gasteiger partial charge in [-0.2, -0.15) is 0 Å². The predicted molar refractivity (Wildman–Crippen MR) is 81.0 cm³/mol. The highest BCUT2D eigenvalue weighted by Gasteiger charge is 2.16. The minimum Gasteiger partial charge on any atom is -0.351 e. The molecule has 1 aromatic rings. The highest BCUT2D eigenvalue weighted by Crippen LogP contribution is 2.21. The Hall–Kier alpha value is -2.19. The van der Waals surface area contributed by atoms with Crippen LogP contribution in [0, 0.1) is 10.1 Å². The number of amides is 1. The first-order valence-corrected chi connectivity index (χ1v) is 6.79. The smallest absolute Gasteiger partial charge is 0.270 e. The Bertz CT molecular complexity index is 503. The van der Waals surface area contributed by atoms with E-state index < -0.39 is 4.92 Å². The van der Waals surface area contributed by atoms with Crippen LogP contribution in [0.1, 0.15) is 24.2 Å². The van der Waals surface area contributed by atoms with Crippen molar-refractivity contribution in [1.29, 1.82) is 0 Å². The zero-order chi connectivity index (χ0) is 15.8. The Morgan fingerprint density at radius 2 is 2.05 bits per heavy atom. The molecule has 0 saturated heterocycles. The number of nitro groups is 1. The second-order valence-electron chi connectivity index (χ2n) is 4.41. The van der Waals surface area contributed by atoms with Gasteiger partial charge in [0.2, 0.25) is 0 Å². The van der Waals surface area contributed by atoms with Crippen molar-refractivity contribution in [1.82, 2.24) is 10.2 Å². The van der Waals surface area contributed by atoms with E-state index in [1.165, 1.54) is 18.2 Å². The fourth-order valence-electron chi connectivity index (χ4n) is 1.92. The van der Waals surface area contributed by atoms with Crippen molar-refractivity contribution in [3.63, 3.8) is 0 Å². The Morgan fingerprint density at radius 3 is 2.57 bits per heavy atom. The molecule has 4 N–H and O–H groups in total. The highest BCUT2D eigenvalue weighted by atomic mass is 16.6. The number of carbonyl (C=O) groups is 1. The fourth-order valence-corrected chi connectivity index (χ4v) is 1.92. The number of hydrazine groups is 1. The molecule has 0 aliphatic rings. The Labute approximate surface area is 123 Å². The van der Waals surface area contributed by atoms with Gasteiger partial charge in [-0.1, -0.05) is 13.8 Å². The first-order chi connectivity index (χ1) is 10.0. The standard InChI is InChI=1S/C13H21N5O3/c1-3-17(4-2)8-7-15-13(19)11-9-10(18(20)21)5-6-12(11)16-14/h5-6,9,16H,3-4,7-8,14H2,1-2H3,(H,15,19). The van der Waals surface area contributed by atoms with Gasteiger partial charge in [-0.25, -0.2) is 0 Å². The molecule has 0 heterocycles. The van der Waals surface area contributed by atoms with Crippen LogP contribution in [0.15, 0.2) is 18.2 Å². The lowest BCUT2D eigenvalue weighted by atomic mass is 10.1. The first kappa shape index (κ1) is 16.9. The average Bonchev–Trinajstić information content (AvgIpc) is 2.50. The van der Waals surface area contributed by atoms with Gasteiger partial charge in [0, 0.05) is 25.2 Å². The fraction of sp³-hybridized carbons (Fsp3) is 0.462. The molecule has 0 spiro atoms. The molecule has 0 aliphatic carbocycles. The van der Waals surface area contributed by atoms with Crippen molar-refractivity contribution in [2.24, 2.45) is 5.84 Å². The Balaban J connectivity index is 2.76. The van der Waals surface area contributed by atoms with Crippen LogP contribution in [-0.2, 0) is 0 Å². The number of likely N-dealkylation sites (N-methyl/N-ethyl adjacent to an activating group) is 1. The normalized spacial score (nSPS) is 10.5. The molecule has 0 unspecified atom stereocenters. The molecule has 0 bridgehead atoms. The zero-order valence-electron chi connectivity index (χ0n) is 12.3. The molecule has 8 nitrogen and oxygen atoms in total. The summed E-state index contributed by atoms with van der Waals surface area (Å²) in [4.78, 5) is 24.5. The third-order valence-corrected chi connectivity index (χ3v) is 3.22. The summed E-state index contributed by atoms with van der Waals surface area (Å²) in [5.74, 6) is 4.94. The number of hydrogen-bond donors (Lipinski definition) is 3. The number of carbonyl (C=O) groups excluding carboxylic acids is 1. The molecule has 0 saturated carbocycles. The second kappa shape index (κ2) is 8.18. The van der Waals surface area contributed by atoms with E-state index in [-0.39, 0.29) is 17.2 Å². The van der Waals surface area contributed by atoms with E-state index in [1.807, 2.05) is 13.8 Å². The van der Waals surface area contributed by atoms with Crippen LogP contribution in [0.4, 0.5) is 11.4 Å². The third-order valence-electron chi connectivity index (χ3n) is 3.22. The van der Waals surface area contributed by atoms with Crippen LogP contribution in [0.2, 0.25) is 0 Å². The number of non-ortho nitro benzene ring substituents is 1. The number of rotatable bonds is 8. The van der Waals surface area contributed by atoms with Crippen LogP contribution < -0.4 is 16.6 Å². The lowest BCUT2D eigenvalue weighted by Crippen LogP contribution is -2.35. The topological polar surface area (TPSA) is 114 Å². The maximum absolute atomic E-state index is 12.1. The van der Waals surface area contributed by atoms with E-state index in [4.69, 9.17) is 5.84 Å². The van der Waals surface area contributed by atoms with Crippen LogP contribution in [0.5, 0.6) is 0 Å². The average molecular weight is 295 g/mol. The van der Waals surface area contributed by atoms with Crippen LogP contribution in [-0.4, -0.2) is 41.9 Å². The number of benzene rings is 1. The van der Waals surface area contributed by atoms with Crippen molar-refractivity contribution < 1.29 is 9.72 Å². The summed E-state index contributed by atoms with van der Waals surface area (Å²) >= 11 is 0. The van der Waals surface area contributed by atoms with Crippen molar-refractivity contribution in [3.05, 3.63) is 33.9 Å². The van der Waals surface area contributed by atoms with E-state index in [0.29, 0.717) is 12.2 Å². The minimum absolute atomic E-state index is 0.150. The molecule has 0 atom stereocenters. The van der Waals surface area contributed by atoms with Gasteiger partial charge in [-0.3, -0.25) is 20.8 Å². The summed E-state index contributed by atoms with van der Waals surface area (Å²) in [6.07, 6.45) is 0. The SMILES string of the molecule is CCN(CC)CCNC(=O)c1cc([N+](=O)[O-])ccc1NN. The number of nitrogens with two attached hydrogens (primary N) is 1. The molecular weight excluding hydrogens is 274 g/mol. The van der Waals surface area contributed by atoms with E-state index in [1.54, 1.807) is 0 Å². The van der Waals surface area contributed by atoms with Gasteiger partial charge in [0.25, 0.3) is 11.6 Å². The van der Waals surface area contributed by atoms with Crippen LogP contribution in [0.3, 0.4) is 0 Å². The quantitative estimate of drug-likeness (QED) is 0.374. The lowest BCUT2D eigenvalue weighted by Gasteiger charge is -2.18. The van der Waals surface area contributed by atoms with Crippen molar-refractivity contribution in [2.75, 3.05) is 31.6 Å². The monoisotopic (exact) mass is 295 g/mol. The number of hydrogen-bond acceptors (Lipinski definition) is 6. The number of nitrogens with zero attached hydrogens (tertiary/aromatic N) is 2. The van der Waals surface area contributed by atoms with Gasteiger partial charge in [0.05, 0.1) is 16.2 Å². The molecule has 0 fully saturated rings. The highest BCUT2D eigenvalue weighted by molar-refractivity contribution is 6.00. The molecule has 0 aliphatic heterocycles. The second-order valence-corrected chi connectivity index (χ2v) is 4.41. The maximum atomic E-state index is 12.1. The van der Waals surface area contributed by atoms with E-state index in [9.17, 15) is 14.9 Å². The van der Waals surface area contributed by atoms with Gasteiger partial charge in [-0.05, 0) is 19.2 Å². The Kier molecular flexibility index (Phi) is 6.57. The van der Waals surface area contributed by atoms with Gasteiger partial charge in [0.1, 0.15) is 0 Å². The largest absolute Gasteiger partial charge is 0.351 e.